The van der Waals surface area contributed by atoms with Crippen molar-refractivity contribution in [1.82, 2.24) is 4.90 Å². The number of hydrogen-bond acceptors (Lipinski definition) is 4. The Morgan fingerprint density at radius 1 is 1.06 bits per heavy atom. The average Bonchev–Trinajstić information content (AvgIpc) is 2.82. The first-order valence-corrected chi connectivity index (χ1v) is 10.6. The van der Waals surface area contributed by atoms with Crippen molar-refractivity contribution in [1.29, 1.82) is 0 Å². The Balaban J connectivity index is 1.76. The van der Waals surface area contributed by atoms with Gasteiger partial charge in [-0.1, -0.05) is 35.9 Å². The second-order valence-electron chi connectivity index (χ2n) is 7.38. The number of halogens is 2. The summed E-state index contributed by atoms with van der Waals surface area (Å²) in [6, 6.07) is 16.5. The van der Waals surface area contributed by atoms with Crippen LogP contribution in [0.3, 0.4) is 0 Å². The van der Waals surface area contributed by atoms with Crippen LogP contribution in [-0.2, 0) is 11.2 Å². The van der Waals surface area contributed by atoms with Crippen LogP contribution in [0.5, 0.6) is 17.2 Å². The van der Waals surface area contributed by atoms with E-state index in [0.717, 1.165) is 11.1 Å². The molecule has 0 fully saturated rings. The number of carbonyl (C=O) groups excluding carboxylic acids is 1. The fraction of sp³-hybridized carbons (Fsp3) is 0.240. The standard InChI is InChI=1S/C25H23ClFNO4/c1-30-21-13-16-11-12-28(23(29)15-32-17-7-4-3-5-8-17)25(18(16)14-22(21)31-2)24-19(26)9-6-10-20(24)27/h3-10,13-14,25H,11-12,15H2,1-2H3. The summed E-state index contributed by atoms with van der Waals surface area (Å²) in [5.74, 6) is 0.922. The molecule has 1 aliphatic heterocycles. The van der Waals surface area contributed by atoms with E-state index in [1.807, 2.05) is 24.3 Å². The van der Waals surface area contributed by atoms with Crippen molar-refractivity contribution in [2.75, 3.05) is 27.4 Å². The smallest absolute Gasteiger partial charge is 0.261 e. The van der Waals surface area contributed by atoms with E-state index in [1.165, 1.54) is 13.2 Å². The van der Waals surface area contributed by atoms with Gasteiger partial charge in [0.05, 0.1) is 20.3 Å². The van der Waals surface area contributed by atoms with E-state index >= 15 is 4.39 Å². The molecule has 166 valence electrons. The van der Waals surface area contributed by atoms with Crippen LogP contribution < -0.4 is 14.2 Å². The van der Waals surface area contributed by atoms with Crippen LogP contribution in [-0.4, -0.2) is 38.2 Å². The Hall–Kier alpha value is -3.25. The van der Waals surface area contributed by atoms with E-state index in [2.05, 4.69) is 0 Å². The number of fused-ring (bicyclic) bond motifs is 1. The molecule has 3 aromatic rings. The van der Waals surface area contributed by atoms with Gasteiger partial charge in [0.1, 0.15) is 11.6 Å². The van der Waals surface area contributed by atoms with Gasteiger partial charge in [-0.25, -0.2) is 4.39 Å². The van der Waals surface area contributed by atoms with E-state index < -0.39 is 11.9 Å². The highest BCUT2D eigenvalue weighted by Crippen LogP contribution is 2.43. The molecule has 1 unspecified atom stereocenters. The molecule has 0 saturated carbocycles. The third-order valence-corrected chi connectivity index (χ3v) is 5.90. The number of benzene rings is 3. The first-order valence-electron chi connectivity index (χ1n) is 10.2. The molecule has 0 aromatic heterocycles. The minimum absolute atomic E-state index is 0.171. The molecule has 7 heteroatoms. The first-order chi connectivity index (χ1) is 15.5. The molecular formula is C25H23ClFNO4. The first kappa shape index (κ1) is 22.0. The van der Waals surface area contributed by atoms with E-state index in [4.69, 9.17) is 25.8 Å². The third kappa shape index (κ3) is 4.23. The van der Waals surface area contributed by atoms with Gasteiger partial charge in [0.2, 0.25) is 0 Å². The van der Waals surface area contributed by atoms with Crippen LogP contribution in [0.25, 0.3) is 0 Å². The fourth-order valence-electron chi connectivity index (χ4n) is 4.04. The SMILES string of the molecule is COc1cc2c(cc1OC)C(c1c(F)cccc1Cl)N(C(=O)COc1ccccc1)CC2. The minimum Gasteiger partial charge on any atom is -0.493 e. The van der Waals surface area contributed by atoms with Gasteiger partial charge in [0.15, 0.2) is 18.1 Å². The number of rotatable bonds is 6. The molecule has 0 radical (unpaired) electrons. The van der Waals surface area contributed by atoms with Gasteiger partial charge >= 0.3 is 0 Å². The monoisotopic (exact) mass is 455 g/mol. The number of nitrogens with zero attached hydrogens (tertiary/aromatic N) is 1. The number of para-hydroxylation sites is 1. The minimum atomic E-state index is -0.723. The van der Waals surface area contributed by atoms with Crippen molar-refractivity contribution in [3.05, 3.63) is 88.2 Å². The lowest BCUT2D eigenvalue weighted by molar-refractivity contribution is -0.135. The molecule has 0 N–H and O–H groups in total. The molecule has 32 heavy (non-hydrogen) atoms. The lowest BCUT2D eigenvalue weighted by atomic mass is 9.87. The summed E-state index contributed by atoms with van der Waals surface area (Å²) in [4.78, 5) is 14.9. The summed E-state index contributed by atoms with van der Waals surface area (Å²) in [6.07, 6.45) is 0.579. The highest BCUT2D eigenvalue weighted by Gasteiger charge is 2.36. The Labute approximate surface area is 191 Å². The summed E-state index contributed by atoms with van der Waals surface area (Å²) < 4.78 is 31.6. The predicted octanol–water partition coefficient (Wildman–Crippen LogP) is 5.05. The molecule has 4 rings (SSSR count). The van der Waals surface area contributed by atoms with Crippen molar-refractivity contribution in [3.63, 3.8) is 0 Å². The lowest BCUT2D eigenvalue weighted by Crippen LogP contribution is -2.43. The molecule has 1 heterocycles. The molecule has 1 amide bonds. The maximum absolute atomic E-state index is 15.0. The van der Waals surface area contributed by atoms with Crippen LogP contribution in [0.15, 0.2) is 60.7 Å². The summed E-state index contributed by atoms with van der Waals surface area (Å²) in [5.41, 5.74) is 1.93. The molecule has 1 aliphatic rings. The van der Waals surface area contributed by atoms with Crippen LogP contribution in [0.2, 0.25) is 5.02 Å². The Bertz CT molecular complexity index is 1100. The molecule has 0 aliphatic carbocycles. The summed E-state index contributed by atoms with van der Waals surface area (Å²) in [5, 5.41) is 0.249. The van der Waals surface area contributed by atoms with E-state index in [9.17, 15) is 4.79 Å². The zero-order valence-corrected chi connectivity index (χ0v) is 18.6. The predicted molar refractivity (Wildman–Crippen MR) is 120 cm³/mol. The van der Waals surface area contributed by atoms with E-state index in [0.29, 0.717) is 30.2 Å². The van der Waals surface area contributed by atoms with E-state index in [-0.39, 0.29) is 23.1 Å². The van der Waals surface area contributed by atoms with Crippen LogP contribution in [0, 0.1) is 5.82 Å². The maximum Gasteiger partial charge on any atom is 0.261 e. The van der Waals surface area contributed by atoms with Gasteiger partial charge in [-0.2, -0.15) is 0 Å². The van der Waals surface area contributed by atoms with Gasteiger partial charge in [-0.05, 0) is 53.9 Å². The van der Waals surface area contributed by atoms with Crippen molar-refractivity contribution >= 4 is 17.5 Å². The fourth-order valence-corrected chi connectivity index (χ4v) is 4.31. The summed E-state index contributed by atoms with van der Waals surface area (Å²) >= 11 is 6.44. The molecule has 1 atom stereocenters. The molecule has 0 saturated heterocycles. The van der Waals surface area contributed by atoms with Gasteiger partial charge in [0.25, 0.3) is 5.91 Å². The lowest BCUT2D eigenvalue weighted by Gasteiger charge is -2.38. The van der Waals surface area contributed by atoms with Crippen LogP contribution >= 0.6 is 11.6 Å². The number of carbonyl (C=O) groups is 1. The zero-order valence-electron chi connectivity index (χ0n) is 17.8. The van der Waals surface area contributed by atoms with E-state index in [1.54, 1.807) is 42.3 Å². The van der Waals surface area contributed by atoms with Gasteiger partial charge < -0.3 is 19.1 Å². The van der Waals surface area contributed by atoms with Gasteiger partial charge in [-0.3, -0.25) is 4.79 Å². The second-order valence-corrected chi connectivity index (χ2v) is 7.79. The number of methoxy groups -OCH3 is 2. The number of ether oxygens (including phenoxy) is 3. The number of hydrogen-bond donors (Lipinski definition) is 0. The van der Waals surface area contributed by atoms with Crippen LogP contribution in [0.4, 0.5) is 4.39 Å². The topological polar surface area (TPSA) is 48.0 Å². The molecular weight excluding hydrogens is 433 g/mol. The Kier molecular flexibility index (Phi) is 6.51. The largest absolute Gasteiger partial charge is 0.493 e. The van der Waals surface area contributed by atoms with Gasteiger partial charge in [0, 0.05) is 17.1 Å². The molecule has 0 bridgehead atoms. The molecule has 3 aromatic carbocycles. The summed E-state index contributed by atoms with van der Waals surface area (Å²) in [7, 11) is 3.10. The van der Waals surface area contributed by atoms with Crippen molar-refractivity contribution < 1.29 is 23.4 Å². The quantitative estimate of drug-likeness (QED) is 0.522. The highest BCUT2D eigenvalue weighted by molar-refractivity contribution is 6.31. The average molecular weight is 456 g/mol. The Morgan fingerprint density at radius 2 is 1.78 bits per heavy atom. The Morgan fingerprint density at radius 3 is 2.47 bits per heavy atom. The second kappa shape index (κ2) is 9.49. The number of amides is 1. The van der Waals surface area contributed by atoms with Gasteiger partial charge in [-0.15, -0.1) is 0 Å². The van der Waals surface area contributed by atoms with Crippen molar-refractivity contribution in [2.45, 2.75) is 12.5 Å². The summed E-state index contributed by atoms with van der Waals surface area (Å²) in [6.45, 7) is 0.212. The maximum atomic E-state index is 15.0. The third-order valence-electron chi connectivity index (χ3n) is 5.57. The zero-order chi connectivity index (χ0) is 22.7. The van der Waals surface area contributed by atoms with Crippen molar-refractivity contribution in [3.8, 4) is 17.2 Å². The normalized spacial score (nSPS) is 15.1. The highest BCUT2D eigenvalue weighted by atomic mass is 35.5. The van der Waals surface area contributed by atoms with Crippen molar-refractivity contribution in [2.24, 2.45) is 0 Å². The molecule has 5 nitrogen and oxygen atoms in total. The van der Waals surface area contributed by atoms with Crippen LogP contribution in [0.1, 0.15) is 22.7 Å². The molecule has 0 spiro atoms.